The summed E-state index contributed by atoms with van der Waals surface area (Å²) in [6.07, 6.45) is 4.37. The van der Waals surface area contributed by atoms with Gasteiger partial charge in [-0.3, -0.25) is 9.69 Å². The molecule has 0 spiro atoms. The van der Waals surface area contributed by atoms with E-state index in [2.05, 4.69) is 38.5 Å². The molecule has 0 bridgehead atoms. The number of nitrogens with zero attached hydrogens (tertiary/aromatic N) is 4. The van der Waals surface area contributed by atoms with Gasteiger partial charge in [0.05, 0.1) is 28.9 Å². The first kappa shape index (κ1) is 16.9. The van der Waals surface area contributed by atoms with E-state index in [1.54, 1.807) is 18.4 Å². The molecule has 5 heterocycles. The zero-order valence-corrected chi connectivity index (χ0v) is 15.9. The molecule has 7 heteroatoms. The molecule has 0 aromatic carbocycles. The second-order valence-electron chi connectivity index (χ2n) is 7.31. The third-order valence-electron chi connectivity index (χ3n) is 5.42. The minimum absolute atomic E-state index is 0.0909. The van der Waals surface area contributed by atoms with E-state index in [9.17, 15) is 4.79 Å². The summed E-state index contributed by atoms with van der Waals surface area (Å²) in [5.74, 6) is 1.08. The number of furan rings is 1. The zero-order chi connectivity index (χ0) is 19.3. The van der Waals surface area contributed by atoms with E-state index in [1.807, 2.05) is 13.0 Å². The predicted octanol–water partition coefficient (Wildman–Crippen LogP) is 2.85. The number of H-pyrrole nitrogens is 1. The number of hydrogen-bond acceptors (Lipinski definition) is 5. The van der Waals surface area contributed by atoms with Gasteiger partial charge < -0.3 is 13.8 Å². The number of aromatic amines is 1. The molecule has 4 aromatic heterocycles. The van der Waals surface area contributed by atoms with Gasteiger partial charge >= 0.3 is 0 Å². The molecular formula is C21H21N5O2. The average molecular weight is 375 g/mol. The molecule has 142 valence electrons. The molecule has 1 aliphatic rings. The summed E-state index contributed by atoms with van der Waals surface area (Å²) >= 11 is 0. The average Bonchev–Trinajstić information content (AvgIpc) is 3.32. The van der Waals surface area contributed by atoms with Crippen LogP contribution in [0.4, 0.5) is 0 Å². The maximum atomic E-state index is 12.7. The summed E-state index contributed by atoms with van der Waals surface area (Å²) in [5, 5.41) is 0. The van der Waals surface area contributed by atoms with Crippen molar-refractivity contribution in [1.82, 2.24) is 24.3 Å². The summed E-state index contributed by atoms with van der Waals surface area (Å²) in [5.41, 5.74) is 5.86. The molecule has 0 unspecified atom stereocenters. The van der Waals surface area contributed by atoms with E-state index in [-0.39, 0.29) is 5.56 Å². The minimum atomic E-state index is -0.0909. The highest BCUT2D eigenvalue weighted by molar-refractivity contribution is 5.50. The van der Waals surface area contributed by atoms with E-state index >= 15 is 0 Å². The Balaban J connectivity index is 1.45. The molecule has 0 saturated carbocycles. The van der Waals surface area contributed by atoms with Crippen molar-refractivity contribution in [2.45, 2.75) is 33.4 Å². The number of nitrogens with one attached hydrogen (secondary N) is 1. The molecule has 0 radical (unpaired) electrons. The number of aromatic nitrogens is 4. The monoisotopic (exact) mass is 375 g/mol. The molecule has 0 aliphatic carbocycles. The Hall–Kier alpha value is -3.19. The molecular weight excluding hydrogens is 354 g/mol. The topological polar surface area (TPSA) is 79.4 Å². The van der Waals surface area contributed by atoms with Crippen molar-refractivity contribution in [2.75, 3.05) is 6.54 Å². The molecule has 0 atom stereocenters. The van der Waals surface area contributed by atoms with Crippen LogP contribution in [0.3, 0.4) is 0 Å². The van der Waals surface area contributed by atoms with Crippen LogP contribution in [0.1, 0.15) is 28.2 Å². The SMILES string of the molecule is Cc1nc2c(C)cccn2c1CN1CCc2nc(-c3ccco3)[nH]c(=O)c2C1. The van der Waals surface area contributed by atoms with Crippen molar-refractivity contribution in [2.24, 2.45) is 0 Å². The van der Waals surface area contributed by atoms with Crippen molar-refractivity contribution in [3.05, 3.63) is 75.3 Å². The fourth-order valence-electron chi connectivity index (χ4n) is 3.91. The maximum absolute atomic E-state index is 12.7. The Bertz CT molecular complexity index is 1220. The van der Waals surface area contributed by atoms with E-state index in [4.69, 9.17) is 9.40 Å². The van der Waals surface area contributed by atoms with Crippen molar-refractivity contribution in [1.29, 1.82) is 0 Å². The smallest absolute Gasteiger partial charge is 0.256 e. The molecule has 0 fully saturated rings. The van der Waals surface area contributed by atoms with Gasteiger partial charge in [0.15, 0.2) is 11.6 Å². The lowest BCUT2D eigenvalue weighted by Gasteiger charge is -2.27. The highest BCUT2D eigenvalue weighted by atomic mass is 16.3. The van der Waals surface area contributed by atoms with Gasteiger partial charge in [0.25, 0.3) is 5.56 Å². The van der Waals surface area contributed by atoms with Crippen molar-refractivity contribution in [3.63, 3.8) is 0 Å². The first-order chi connectivity index (χ1) is 13.6. The van der Waals surface area contributed by atoms with Gasteiger partial charge in [-0.05, 0) is 37.6 Å². The lowest BCUT2D eigenvalue weighted by molar-refractivity contribution is 0.238. The highest BCUT2D eigenvalue weighted by Gasteiger charge is 2.23. The Kier molecular flexibility index (Phi) is 3.91. The first-order valence-electron chi connectivity index (χ1n) is 9.41. The lowest BCUT2D eigenvalue weighted by atomic mass is 10.1. The van der Waals surface area contributed by atoms with E-state index in [0.29, 0.717) is 18.1 Å². The Morgan fingerprint density at radius 3 is 2.93 bits per heavy atom. The summed E-state index contributed by atoms with van der Waals surface area (Å²) in [4.78, 5) is 27.2. The Morgan fingerprint density at radius 2 is 2.11 bits per heavy atom. The van der Waals surface area contributed by atoms with E-state index < -0.39 is 0 Å². The van der Waals surface area contributed by atoms with Crippen molar-refractivity contribution >= 4 is 5.65 Å². The Labute approximate surface area is 161 Å². The summed E-state index contributed by atoms with van der Waals surface area (Å²) in [6, 6.07) is 7.71. The largest absolute Gasteiger partial charge is 0.461 e. The van der Waals surface area contributed by atoms with Crippen LogP contribution in [-0.4, -0.2) is 30.8 Å². The third-order valence-corrected chi connectivity index (χ3v) is 5.42. The molecule has 28 heavy (non-hydrogen) atoms. The minimum Gasteiger partial charge on any atom is -0.461 e. The number of hydrogen-bond donors (Lipinski definition) is 1. The molecule has 4 aromatic rings. The van der Waals surface area contributed by atoms with Gasteiger partial charge in [0.2, 0.25) is 0 Å². The number of rotatable bonds is 3. The third kappa shape index (κ3) is 2.75. The Morgan fingerprint density at radius 1 is 1.21 bits per heavy atom. The van der Waals surface area contributed by atoms with Crippen LogP contribution >= 0.6 is 0 Å². The lowest BCUT2D eigenvalue weighted by Crippen LogP contribution is -2.35. The van der Waals surface area contributed by atoms with Crippen LogP contribution in [0.2, 0.25) is 0 Å². The fraction of sp³-hybridized carbons (Fsp3) is 0.286. The van der Waals surface area contributed by atoms with Crippen molar-refractivity contribution < 1.29 is 4.42 Å². The second-order valence-corrected chi connectivity index (χ2v) is 7.31. The zero-order valence-electron chi connectivity index (χ0n) is 15.9. The predicted molar refractivity (Wildman–Crippen MR) is 105 cm³/mol. The van der Waals surface area contributed by atoms with Gasteiger partial charge in [-0.2, -0.15) is 0 Å². The van der Waals surface area contributed by atoms with Crippen LogP contribution < -0.4 is 5.56 Å². The van der Waals surface area contributed by atoms with Crippen LogP contribution in [-0.2, 0) is 19.5 Å². The van der Waals surface area contributed by atoms with Gasteiger partial charge in [-0.15, -0.1) is 0 Å². The van der Waals surface area contributed by atoms with Crippen LogP contribution in [0.5, 0.6) is 0 Å². The molecule has 0 amide bonds. The standard InChI is InChI=1S/C21H21N5O2/c1-13-5-3-8-26-17(14(2)22-20(13)26)12-25-9-7-16-15(11-25)21(27)24-19(23-16)18-6-4-10-28-18/h3-6,8,10H,7,9,11-12H2,1-2H3,(H,23,24,27). The normalized spacial score (nSPS) is 14.5. The van der Waals surface area contributed by atoms with Crippen LogP contribution in [0.25, 0.3) is 17.2 Å². The first-order valence-corrected chi connectivity index (χ1v) is 9.41. The van der Waals surface area contributed by atoms with Gasteiger partial charge in [0.1, 0.15) is 5.65 Å². The molecule has 0 saturated heterocycles. The molecule has 5 rings (SSSR count). The number of pyridine rings is 1. The van der Waals surface area contributed by atoms with Crippen LogP contribution in [0, 0.1) is 13.8 Å². The number of imidazole rings is 1. The van der Waals surface area contributed by atoms with E-state index in [0.717, 1.165) is 47.7 Å². The van der Waals surface area contributed by atoms with Gasteiger partial charge in [-0.1, -0.05) is 6.07 Å². The maximum Gasteiger partial charge on any atom is 0.256 e. The number of fused-ring (bicyclic) bond motifs is 2. The molecule has 1 aliphatic heterocycles. The fourth-order valence-corrected chi connectivity index (χ4v) is 3.91. The highest BCUT2D eigenvalue weighted by Crippen LogP contribution is 2.22. The summed E-state index contributed by atoms with van der Waals surface area (Å²) in [6.45, 7) is 6.29. The van der Waals surface area contributed by atoms with Gasteiger partial charge in [-0.25, -0.2) is 9.97 Å². The second kappa shape index (κ2) is 6.45. The summed E-state index contributed by atoms with van der Waals surface area (Å²) < 4.78 is 7.52. The summed E-state index contributed by atoms with van der Waals surface area (Å²) in [7, 11) is 0. The van der Waals surface area contributed by atoms with Gasteiger partial charge in [0, 0.05) is 32.3 Å². The molecule has 1 N–H and O–H groups in total. The number of aryl methyl sites for hydroxylation is 2. The van der Waals surface area contributed by atoms with E-state index in [1.165, 1.54) is 5.69 Å². The molecule has 7 nitrogen and oxygen atoms in total. The van der Waals surface area contributed by atoms with Crippen molar-refractivity contribution in [3.8, 4) is 11.6 Å². The van der Waals surface area contributed by atoms with Crippen LogP contribution in [0.15, 0.2) is 45.9 Å². The quantitative estimate of drug-likeness (QED) is 0.596.